The number of rotatable bonds is 6. The fourth-order valence-corrected chi connectivity index (χ4v) is 3.45. The van der Waals surface area contributed by atoms with E-state index in [9.17, 15) is 0 Å². The Bertz CT molecular complexity index is 1080. The van der Waals surface area contributed by atoms with Crippen molar-refractivity contribution < 1.29 is 0 Å². The number of nitrogens with zero attached hydrogens (tertiary/aromatic N) is 1. The highest BCUT2D eigenvalue weighted by molar-refractivity contribution is 6.06. The van der Waals surface area contributed by atoms with Crippen LogP contribution in [0.1, 0.15) is 49.0 Å². The molecule has 4 rings (SSSR count). The first-order valence-electron chi connectivity index (χ1n) is 9.65. The van der Waals surface area contributed by atoms with Crippen LogP contribution in [0.5, 0.6) is 0 Å². The average Bonchev–Trinajstić information content (AvgIpc) is 3.08. The quantitative estimate of drug-likeness (QED) is 0.412. The van der Waals surface area contributed by atoms with Crippen LogP contribution in [0.15, 0.2) is 60.7 Å². The van der Waals surface area contributed by atoms with Crippen LogP contribution in [0.3, 0.4) is 0 Å². The molecule has 27 heavy (non-hydrogen) atoms. The van der Waals surface area contributed by atoms with Gasteiger partial charge in [0.2, 0.25) is 0 Å². The summed E-state index contributed by atoms with van der Waals surface area (Å²) in [5.41, 5.74) is 11.7. The summed E-state index contributed by atoms with van der Waals surface area (Å²) in [6.07, 6.45) is 7.55. The first-order chi connectivity index (χ1) is 13.2. The standard InChI is InChI=1S/C24H25N3/c1-2-3-9-21(25)23-15-13-19-20-16-18(11-10-17-7-5-4-6-8-17)12-14-22(20)26-24(19)27-23/h4-8,10-16,21H,2-3,9,25H2,1H3,(H,26,27)/b11-10+. The maximum Gasteiger partial charge on any atom is 0.138 e. The molecule has 0 amide bonds. The first-order valence-corrected chi connectivity index (χ1v) is 9.65. The van der Waals surface area contributed by atoms with Crippen LogP contribution in [0.4, 0.5) is 0 Å². The number of aromatic amines is 1. The molecule has 2 aromatic heterocycles. The van der Waals surface area contributed by atoms with Gasteiger partial charge in [0, 0.05) is 22.3 Å². The van der Waals surface area contributed by atoms with Gasteiger partial charge >= 0.3 is 0 Å². The second kappa shape index (κ2) is 7.77. The van der Waals surface area contributed by atoms with E-state index in [-0.39, 0.29) is 6.04 Å². The van der Waals surface area contributed by atoms with Crippen LogP contribution >= 0.6 is 0 Å². The molecule has 0 fully saturated rings. The van der Waals surface area contributed by atoms with Crippen LogP contribution in [0, 0.1) is 0 Å². The maximum atomic E-state index is 6.30. The lowest BCUT2D eigenvalue weighted by molar-refractivity contribution is 0.592. The summed E-state index contributed by atoms with van der Waals surface area (Å²) >= 11 is 0. The van der Waals surface area contributed by atoms with Gasteiger partial charge in [0.05, 0.1) is 5.69 Å². The third-order valence-electron chi connectivity index (χ3n) is 5.02. The normalized spacial score (nSPS) is 13.0. The molecule has 0 bridgehead atoms. The molecule has 0 radical (unpaired) electrons. The molecule has 2 aromatic carbocycles. The van der Waals surface area contributed by atoms with Gasteiger partial charge in [-0.15, -0.1) is 0 Å². The summed E-state index contributed by atoms with van der Waals surface area (Å²) in [6.45, 7) is 2.19. The van der Waals surface area contributed by atoms with Gasteiger partial charge in [0.15, 0.2) is 0 Å². The number of hydrogen-bond acceptors (Lipinski definition) is 2. The third kappa shape index (κ3) is 3.79. The van der Waals surface area contributed by atoms with Gasteiger partial charge in [-0.2, -0.15) is 0 Å². The summed E-state index contributed by atoms with van der Waals surface area (Å²) in [5, 5.41) is 2.34. The number of unbranched alkanes of at least 4 members (excludes halogenated alkanes) is 1. The van der Waals surface area contributed by atoms with Gasteiger partial charge in [0.25, 0.3) is 0 Å². The van der Waals surface area contributed by atoms with Gasteiger partial charge in [-0.05, 0) is 41.8 Å². The van der Waals surface area contributed by atoms with E-state index in [1.165, 1.54) is 16.5 Å². The zero-order valence-electron chi connectivity index (χ0n) is 15.7. The molecule has 1 atom stereocenters. The monoisotopic (exact) mass is 355 g/mol. The van der Waals surface area contributed by atoms with Crippen molar-refractivity contribution in [2.45, 2.75) is 32.2 Å². The zero-order valence-corrected chi connectivity index (χ0v) is 15.7. The van der Waals surface area contributed by atoms with Gasteiger partial charge in [-0.25, -0.2) is 4.98 Å². The summed E-state index contributed by atoms with van der Waals surface area (Å²) in [6, 6.07) is 21.0. The predicted octanol–water partition coefficient (Wildman–Crippen LogP) is 6.08. The highest BCUT2D eigenvalue weighted by Crippen LogP contribution is 2.27. The van der Waals surface area contributed by atoms with Crippen molar-refractivity contribution in [2.24, 2.45) is 5.73 Å². The molecule has 0 aliphatic carbocycles. The van der Waals surface area contributed by atoms with E-state index in [1.807, 2.05) is 6.07 Å². The number of nitrogens with one attached hydrogen (secondary N) is 1. The highest BCUT2D eigenvalue weighted by atomic mass is 14.9. The maximum absolute atomic E-state index is 6.30. The molecule has 3 nitrogen and oxygen atoms in total. The van der Waals surface area contributed by atoms with Crippen LogP contribution in [0.25, 0.3) is 34.1 Å². The summed E-state index contributed by atoms with van der Waals surface area (Å²) in [4.78, 5) is 8.23. The van der Waals surface area contributed by atoms with Crippen LogP contribution in [-0.4, -0.2) is 9.97 Å². The third-order valence-corrected chi connectivity index (χ3v) is 5.02. The van der Waals surface area contributed by atoms with Gasteiger partial charge in [-0.1, -0.05) is 68.3 Å². The lowest BCUT2D eigenvalue weighted by Crippen LogP contribution is -2.11. The minimum atomic E-state index is 0.00475. The number of benzene rings is 2. The lowest BCUT2D eigenvalue weighted by Gasteiger charge is -2.10. The fraction of sp³-hybridized carbons (Fsp3) is 0.208. The number of pyridine rings is 1. The molecule has 2 heterocycles. The minimum Gasteiger partial charge on any atom is -0.339 e. The van der Waals surface area contributed by atoms with Crippen LogP contribution in [-0.2, 0) is 0 Å². The Balaban J connectivity index is 1.67. The topological polar surface area (TPSA) is 54.7 Å². The largest absolute Gasteiger partial charge is 0.339 e. The highest BCUT2D eigenvalue weighted by Gasteiger charge is 2.11. The lowest BCUT2D eigenvalue weighted by atomic mass is 10.1. The van der Waals surface area contributed by atoms with Crippen molar-refractivity contribution in [1.82, 2.24) is 9.97 Å². The minimum absolute atomic E-state index is 0.00475. The molecular formula is C24H25N3. The predicted molar refractivity (Wildman–Crippen MR) is 115 cm³/mol. The number of hydrogen-bond donors (Lipinski definition) is 2. The molecule has 0 saturated carbocycles. The summed E-state index contributed by atoms with van der Waals surface area (Å²) in [7, 11) is 0. The fourth-order valence-electron chi connectivity index (χ4n) is 3.45. The summed E-state index contributed by atoms with van der Waals surface area (Å²) < 4.78 is 0. The smallest absolute Gasteiger partial charge is 0.138 e. The number of nitrogens with two attached hydrogens (primary N) is 1. The molecule has 0 aliphatic heterocycles. The molecule has 0 saturated heterocycles. The Hall–Kier alpha value is -2.91. The van der Waals surface area contributed by atoms with Crippen molar-refractivity contribution in [3.8, 4) is 0 Å². The Morgan fingerprint density at radius 1 is 0.963 bits per heavy atom. The van der Waals surface area contributed by atoms with E-state index in [2.05, 4.69) is 78.7 Å². The number of H-pyrrole nitrogens is 1. The Kier molecular flexibility index (Phi) is 5.03. The molecule has 4 aromatic rings. The van der Waals surface area contributed by atoms with E-state index in [0.717, 1.165) is 41.5 Å². The molecular weight excluding hydrogens is 330 g/mol. The Morgan fingerprint density at radius 2 is 1.78 bits per heavy atom. The van der Waals surface area contributed by atoms with E-state index in [0.29, 0.717) is 0 Å². The van der Waals surface area contributed by atoms with Crippen molar-refractivity contribution in [1.29, 1.82) is 0 Å². The van der Waals surface area contributed by atoms with Gasteiger partial charge < -0.3 is 10.7 Å². The number of aromatic nitrogens is 2. The molecule has 0 aliphatic rings. The summed E-state index contributed by atoms with van der Waals surface area (Å²) in [5.74, 6) is 0. The Labute approximate surface area is 159 Å². The molecule has 136 valence electrons. The molecule has 0 spiro atoms. The average molecular weight is 355 g/mol. The van der Waals surface area contributed by atoms with Gasteiger partial charge in [-0.3, -0.25) is 0 Å². The SMILES string of the molecule is CCCCC(N)c1ccc2c(n1)[nH]c1ccc(/C=C/c3ccccc3)cc12. The first kappa shape index (κ1) is 17.5. The number of fused-ring (bicyclic) bond motifs is 3. The Morgan fingerprint density at radius 3 is 2.59 bits per heavy atom. The van der Waals surface area contributed by atoms with E-state index in [1.54, 1.807) is 0 Å². The zero-order chi connectivity index (χ0) is 18.6. The van der Waals surface area contributed by atoms with Crippen molar-refractivity contribution in [3.05, 3.63) is 77.5 Å². The van der Waals surface area contributed by atoms with Gasteiger partial charge in [0.1, 0.15) is 5.65 Å². The van der Waals surface area contributed by atoms with E-state index in [4.69, 9.17) is 10.7 Å². The van der Waals surface area contributed by atoms with Crippen molar-refractivity contribution >= 4 is 34.1 Å². The second-order valence-electron chi connectivity index (χ2n) is 7.06. The molecule has 1 unspecified atom stereocenters. The van der Waals surface area contributed by atoms with Crippen LogP contribution < -0.4 is 5.73 Å². The van der Waals surface area contributed by atoms with Crippen LogP contribution in [0.2, 0.25) is 0 Å². The van der Waals surface area contributed by atoms with E-state index >= 15 is 0 Å². The second-order valence-corrected chi connectivity index (χ2v) is 7.06. The van der Waals surface area contributed by atoms with Crippen molar-refractivity contribution in [3.63, 3.8) is 0 Å². The molecule has 3 heteroatoms. The molecule has 3 N–H and O–H groups in total. The van der Waals surface area contributed by atoms with E-state index < -0.39 is 0 Å². The van der Waals surface area contributed by atoms with Crippen molar-refractivity contribution in [2.75, 3.05) is 0 Å².